The number of nitrogens with zero attached hydrogens (tertiary/aromatic N) is 1. The SMILES string of the molecule is COCC1=CCN(C(=O)NC(CCO)C(=O)O)CC1. The molecule has 0 saturated carbocycles. The summed E-state index contributed by atoms with van der Waals surface area (Å²) in [5.74, 6) is -1.14. The van der Waals surface area contributed by atoms with Gasteiger partial charge in [0.25, 0.3) is 0 Å². The van der Waals surface area contributed by atoms with Gasteiger partial charge in [0.05, 0.1) is 6.61 Å². The zero-order valence-corrected chi connectivity index (χ0v) is 11.0. The van der Waals surface area contributed by atoms with Crippen LogP contribution in [0.5, 0.6) is 0 Å². The molecule has 1 aliphatic rings. The van der Waals surface area contributed by atoms with Crippen LogP contribution in [0.15, 0.2) is 11.6 Å². The number of carbonyl (C=O) groups is 2. The lowest BCUT2D eigenvalue weighted by Gasteiger charge is -2.27. The summed E-state index contributed by atoms with van der Waals surface area (Å²) in [6.45, 7) is 1.25. The van der Waals surface area contributed by atoms with Crippen molar-refractivity contribution >= 4 is 12.0 Å². The average Bonchev–Trinajstić information content (AvgIpc) is 2.39. The molecular weight excluding hydrogens is 252 g/mol. The highest BCUT2D eigenvalue weighted by Crippen LogP contribution is 2.11. The Balaban J connectivity index is 2.48. The summed E-state index contributed by atoms with van der Waals surface area (Å²) >= 11 is 0. The van der Waals surface area contributed by atoms with E-state index in [2.05, 4.69) is 5.32 Å². The highest BCUT2D eigenvalue weighted by atomic mass is 16.5. The lowest BCUT2D eigenvalue weighted by molar-refractivity contribution is -0.139. The molecule has 0 fully saturated rings. The number of aliphatic carboxylic acids is 1. The van der Waals surface area contributed by atoms with Gasteiger partial charge in [-0.1, -0.05) is 6.08 Å². The number of amides is 2. The van der Waals surface area contributed by atoms with Crippen molar-refractivity contribution in [1.82, 2.24) is 10.2 Å². The largest absolute Gasteiger partial charge is 0.480 e. The molecule has 108 valence electrons. The Morgan fingerprint density at radius 1 is 1.58 bits per heavy atom. The first-order chi connectivity index (χ1) is 9.08. The molecular formula is C12H20N2O5. The van der Waals surface area contributed by atoms with Crippen molar-refractivity contribution in [2.24, 2.45) is 0 Å². The molecule has 0 radical (unpaired) electrons. The predicted molar refractivity (Wildman–Crippen MR) is 67.8 cm³/mol. The molecule has 7 nitrogen and oxygen atoms in total. The number of aliphatic hydroxyl groups excluding tert-OH is 1. The van der Waals surface area contributed by atoms with Gasteiger partial charge in [0.2, 0.25) is 0 Å². The predicted octanol–water partition coefficient (Wildman–Crippen LogP) is -0.190. The second-order valence-electron chi connectivity index (χ2n) is 4.34. The summed E-state index contributed by atoms with van der Waals surface area (Å²) < 4.78 is 5.01. The van der Waals surface area contributed by atoms with Crippen LogP contribution in [0.3, 0.4) is 0 Å². The van der Waals surface area contributed by atoms with Crippen molar-refractivity contribution in [3.8, 4) is 0 Å². The van der Waals surface area contributed by atoms with Crippen molar-refractivity contribution in [2.75, 3.05) is 33.4 Å². The average molecular weight is 272 g/mol. The monoisotopic (exact) mass is 272 g/mol. The van der Waals surface area contributed by atoms with Crippen molar-refractivity contribution < 1.29 is 24.5 Å². The Kier molecular flexibility index (Phi) is 6.31. The molecule has 0 aromatic rings. The van der Waals surface area contributed by atoms with E-state index in [4.69, 9.17) is 14.9 Å². The number of aliphatic hydroxyl groups is 1. The van der Waals surface area contributed by atoms with Gasteiger partial charge in [-0.05, 0) is 12.0 Å². The molecule has 1 heterocycles. The van der Waals surface area contributed by atoms with Crippen molar-refractivity contribution in [2.45, 2.75) is 18.9 Å². The number of ether oxygens (including phenoxy) is 1. The molecule has 7 heteroatoms. The fourth-order valence-corrected chi connectivity index (χ4v) is 1.84. The Labute approximate surface area is 111 Å². The van der Waals surface area contributed by atoms with E-state index in [0.717, 1.165) is 12.0 Å². The number of hydrogen-bond acceptors (Lipinski definition) is 4. The first kappa shape index (κ1) is 15.5. The summed E-state index contributed by atoms with van der Waals surface area (Å²) in [5, 5.41) is 20.0. The van der Waals surface area contributed by atoms with Gasteiger partial charge in [-0.15, -0.1) is 0 Å². The number of carboxylic acid groups (broad SMARTS) is 1. The molecule has 0 saturated heterocycles. The van der Waals surface area contributed by atoms with Crippen LogP contribution in [0, 0.1) is 0 Å². The van der Waals surface area contributed by atoms with E-state index in [1.165, 1.54) is 4.90 Å². The normalized spacial score (nSPS) is 16.7. The Morgan fingerprint density at radius 3 is 2.79 bits per heavy atom. The van der Waals surface area contributed by atoms with E-state index in [9.17, 15) is 9.59 Å². The minimum atomic E-state index is -1.14. The summed E-state index contributed by atoms with van der Waals surface area (Å²) in [6.07, 6.45) is 2.63. The number of rotatable bonds is 6. The van der Waals surface area contributed by atoms with E-state index in [1.54, 1.807) is 7.11 Å². The first-order valence-electron chi connectivity index (χ1n) is 6.14. The number of nitrogens with one attached hydrogen (secondary N) is 1. The Bertz CT molecular complexity index is 356. The summed E-state index contributed by atoms with van der Waals surface area (Å²) in [5.41, 5.74) is 1.14. The molecule has 0 bridgehead atoms. The van der Waals surface area contributed by atoms with E-state index in [1.807, 2.05) is 6.08 Å². The smallest absolute Gasteiger partial charge is 0.326 e. The molecule has 2 amide bonds. The van der Waals surface area contributed by atoms with Gasteiger partial charge >= 0.3 is 12.0 Å². The molecule has 3 N–H and O–H groups in total. The molecule has 1 atom stereocenters. The zero-order valence-electron chi connectivity index (χ0n) is 11.0. The van der Waals surface area contributed by atoms with Crippen molar-refractivity contribution in [3.05, 3.63) is 11.6 Å². The van der Waals surface area contributed by atoms with Crippen LogP contribution in [0.25, 0.3) is 0 Å². The molecule has 0 aromatic carbocycles. The lowest BCUT2D eigenvalue weighted by Crippen LogP contribution is -2.49. The first-order valence-corrected chi connectivity index (χ1v) is 6.14. The molecule has 1 unspecified atom stereocenters. The van der Waals surface area contributed by atoms with E-state index < -0.39 is 18.0 Å². The third-order valence-corrected chi connectivity index (χ3v) is 2.93. The highest BCUT2D eigenvalue weighted by Gasteiger charge is 2.23. The highest BCUT2D eigenvalue weighted by molar-refractivity contribution is 5.82. The van der Waals surface area contributed by atoms with Crippen LogP contribution in [0.2, 0.25) is 0 Å². The fourth-order valence-electron chi connectivity index (χ4n) is 1.84. The molecule has 0 aliphatic carbocycles. The number of hydrogen-bond donors (Lipinski definition) is 3. The van der Waals surface area contributed by atoms with Crippen molar-refractivity contribution in [1.29, 1.82) is 0 Å². The Hall–Kier alpha value is -1.60. The number of carboxylic acids is 1. The second kappa shape index (κ2) is 7.75. The topological polar surface area (TPSA) is 99.1 Å². The van der Waals surface area contributed by atoms with Gasteiger partial charge in [-0.2, -0.15) is 0 Å². The third kappa shape index (κ3) is 4.88. The minimum absolute atomic E-state index is 0.000320. The van der Waals surface area contributed by atoms with Gasteiger partial charge in [0, 0.05) is 33.2 Å². The number of urea groups is 1. The molecule has 0 aromatic heterocycles. The molecule has 19 heavy (non-hydrogen) atoms. The zero-order chi connectivity index (χ0) is 14.3. The fraction of sp³-hybridized carbons (Fsp3) is 0.667. The van der Waals surface area contributed by atoms with Crippen LogP contribution in [0.4, 0.5) is 4.79 Å². The maximum absolute atomic E-state index is 11.9. The Morgan fingerprint density at radius 2 is 2.32 bits per heavy atom. The summed E-state index contributed by atoms with van der Waals surface area (Å²) in [7, 11) is 1.62. The molecule has 1 rings (SSSR count). The number of carbonyl (C=O) groups excluding carboxylic acids is 1. The van der Waals surface area contributed by atoms with Crippen molar-refractivity contribution in [3.63, 3.8) is 0 Å². The third-order valence-electron chi connectivity index (χ3n) is 2.93. The maximum Gasteiger partial charge on any atom is 0.326 e. The van der Waals surface area contributed by atoms with E-state index in [-0.39, 0.29) is 13.0 Å². The van der Waals surface area contributed by atoms with Crippen LogP contribution >= 0.6 is 0 Å². The summed E-state index contributed by atoms with van der Waals surface area (Å²) in [4.78, 5) is 24.3. The summed E-state index contributed by atoms with van der Waals surface area (Å²) in [6, 6.07) is -1.48. The quantitative estimate of drug-likeness (QED) is 0.582. The van der Waals surface area contributed by atoms with Gasteiger partial charge < -0.3 is 25.2 Å². The van der Waals surface area contributed by atoms with Crippen LogP contribution in [-0.4, -0.2) is 66.6 Å². The van der Waals surface area contributed by atoms with Gasteiger partial charge in [0.15, 0.2) is 0 Å². The molecule has 0 spiro atoms. The minimum Gasteiger partial charge on any atom is -0.480 e. The van der Waals surface area contributed by atoms with Gasteiger partial charge in [0.1, 0.15) is 6.04 Å². The van der Waals surface area contributed by atoms with E-state index >= 15 is 0 Å². The van der Waals surface area contributed by atoms with Crippen LogP contribution < -0.4 is 5.32 Å². The van der Waals surface area contributed by atoms with E-state index in [0.29, 0.717) is 19.7 Å². The van der Waals surface area contributed by atoms with Crippen LogP contribution in [-0.2, 0) is 9.53 Å². The van der Waals surface area contributed by atoms with Gasteiger partial charge in [-0.25, -0.2) is 9.59 Å². The standard InChI is InChI=1S/C12H20N2O5/c1-19-8-9-2-5-14(6-3-9)12(18)13-10(4-7-15)11(16)17/h2,10,15H,3-8H2,1H3,(H,13,18)(H,16,17). The van der Waals surface area contributed by atoms with Crippen LogP contribution in [0.1, 0.15) is 12.8 Å². The lowest BCUT2D eigenvalue weighted by atomic mass is 10.1. The molecule has 1 aliphatic heterocycles. The number of methoxy groups -OCH3 is 1. The van der Waals surface area contributed by atoms with Gasteiger partial charge in [-0.3, -0.25) is 0 Å². The second-order valence-corrected chi connectivity index (χ2v) is 4.34. The maximum atomic E-state index is 11.9.